The third kappa shape index (κ3) is 3.91. The quantitative estimate of drug-likeness (QED) is 0.764. The zero-order chi connectivity index (χ0) is 13.7. The fraction of sp³-hybridized carbons (Fsp3) is 0.846. The summed E-state index contributed by atoms with van der Waals surface area (Å²) in [5.41, 5.74) is 0. The highest BCUT2D eigenvalue weighted by Gasteiger charge is 2.31. The molecule has 0 bridgehead atoms. The summed E-state index contributed by atoms with van der Waals surface area (Å²) in [6, 6.07) is -0.728. The standard InChI is InChI=1S/C13H22N2O4/c16-12(5-4-10-3-1-2-8-19-10)15-7-6-14-9-11(15)13(17)18/h10-11,14H,1-9H2,(H,17,18). The van der Waals surface area contributed by atoms with Crippen molar-refractivity contribution in [3.63, 3.8) is 0 Å². The van der Waals surface area contributed by atoms with Gasteiger partial charge in [-0.3, -0.25) is 4.79 Å². The van der Waals surface area contributed by atoms with E-state index in [4.69, 9.17) is 9.84 Å². The van der Waals surface area contributed by atoms with Gasteiger partial charge in [-0.05, 0) is 25.7 Å². The summed E-state index contributed by atoms with van der Waals surface area (Å²) in [7, 11) is 0. The van der Waals surface area contributed by atoms with Gasteiger partial charge in [-0.15, -0.1) is 0 Å². The van der Waals surface area contributed by atoms with Gasteiger partial charge < -0.3 is 20.1 Å². The summed E-state index contributed by atoms with van der Waals surface area (Å²) >= 11 is 0. The minimum atomic E-state index is -0.936. The van der Waals surface area contributed by atoms with Crippen LogP contribution in [-0.2, 0) is 14.3 Å². The molecule has 2 aliphatic heterocycles. The molecule has 108 valence electrons. The monoisotopic (exact) mass is 270 g/mol. The summed E-state index contributed by atoms with van der Waals surface area (Å²) in [4.78, 5) is 24.7. The lowest BCUT2D eigenvalue weighted by Crippen LogP contribution is -2.57. The van der Waals surface area contributed by atoms with Crippen LogP contribution in [0.15, 0.2) is 0 Å². The molecule has 2 atom stereocenters. The zero-order valence-electron chi connectivity index (χ0n) is 11.1. The highest BCUT2D eigenvalue weighted by atomic mass is 16.5. The predicted molar refractivity (Wildman–Crippen MR) is 68.8 cm³/mol. The van der Waals surface area contributed by atoms with E-state index < -0.39 is 12.0 Å². The molecular weight excluding hydrogens is 248 g/mol. The molecule has 2 rings (SSSR count). The van der Waals surface area contributed by atoms with Gasteiger partial charge in [0.05, 0.1) is 6.10 Å². The summed E-state index contributed by atoms with van der Waals surface area (Å²) in [6.07, 6.45) is 4.53. The number of ether oxygens (including phenoxy) is 1. The van der Waals surface area contributed by atoms with E-state index in [2.05, 4.69) is 5.32 Å². The predicted octanol–water partition coefficient (Wildman–Crippen LogP) is 0.221. The molecule has 6 nitrogen and oxygen atoms in total. The Bertz CT molecular complexity index is 329. The van der Waals surface area contributed by atoms with Gasteiger partial charge in [0.2, 0.25) is 5.91 Å². The van der Waals surface area contributed by atoms with Gasteiger partial charge in [-0.2, -0.15) is 0 Å². The second-order valence-electron chi connectivity index (χ2n) is 5.17. The molecule has 1 amide bonds. The van der Waals surface area contributed by atoms with Gasteiger partial charge in [0.1, 0.15) is 6.04 Å². The minimum absolute atomic E-state index is 0.0666. The number of carboxylic acids is 1. The van der Waals surface area contributed by atoms with Crippen LogP contribution in [0.3, 0.4) is 0 Å². The molecule has 0 saturated carbocycles. The number of nitrogens with one attached hydrogen (secondary N) is 1. The van der Waals surface area contributed by atoms with E-state index in [0.29, 0.717) is 32.5 Å². The number of rotatable bonds is 4. The number of piperazine rings is 1. The molecule has 0 aromatic carbocycles. The molecule has 2 unspecified atom stereocenters. The number of amides is 1. The first-order valence-corrected chi connectivity index (χ1v) is 7.03. The Kier molecular flexibility index (Phi) is 5.15. The molecule has 0 aromatic heterocycles. The summed E-state index contributed by atoms with van der Waals surface area (Å²) in [5, 5.41) is 12.1. The highest BCUT2D eigenvalue weighted by molar-refractivity contribution is 5.84. The Morgan fingerprint density at radius 3 is 2.89 bits per heavy atom. The van der Waals surface area contributed by atoms with Crippen LogP contribution in [-0.4, -0.2) is 60.3 Å². The van der Waals surface area contributed by atoms with Crippen LogP contribution in [0.4, 0.5) is 0 Å². The second kappa shape index (κ2) is 6.86. The van der Waals surface area contributed by atoms with Gasteiger partial charge in [0.25, 0.3) is 0 Å². The van der Waals surface area contributed by atoms with Crippen molar-refractivity contribution < 1.29 is 19.4 Å². The lowest BCUT2D eigenvalue weighted by atomic mass is 10.0. The molecular formula is C13H22N2O4. The van der Waals surface area contributed by atoms with E-state index in [9.17, 15) is 9.59 Å². The van der Waals surface area contributed by atoms with Crippen LogP contribution >= 0.6 is 0 Å². The molecule has 0 aliphatic carbocycles. The number of nitrogens with zero attached hydrogens (tertiary/aromatic N) is 1. The maximum Gasteiger partial charge on any atom is 0.327 e. The summed E-state index contributed by atoms with van der Waals surface area (Å²) < 4.78 is 5.59. The van der Waals surface area contributed by atoms with Gasteiger partial charge in [0.15, 0.2) is 0 Å². The fourth-order valence-corrected chi connectivity index (χ4v) is 2.69. The van der Waals surface area contributed by atoms with Gasteiger partial charge >= 0.3 is 5.97 Å². The summed E-state index contributed by atoms with van der Waals surface area (Å²) in [6.45, 7) is 2.25. The third-order valence-electron chi connectivity index (χ3n) is 3.80. The SMILES string of the molecule is O=C(O)C1CNCCN1C(=O)CCC1CCCCO1. The number of carbonyl (C=O) groups is 2. The average Bonchev–Trinajstić information content (AvgIpc) is 2.46. The van der Waals surface area contributed by atoms with Gasteiger partial charge in [0, 0.05) is 32.7 Å². The smallest absolute Gasteiger partial charge is 0.327 e. The van der Waals surface area contributed by atoms with E-state index in [1.54, 1.807) is 0 Å². The molecule has 2 heterocycles. The number of carboxylic acid groups (broad SMARTS) is 1. The Hall–Kier alpha value is -1.14. The van der Waals surface area contributed by atoms with Crippen molar-refractivity contribution in [3.05, 3.63) is 0 Å². The molecule has 2 N–H and O–H groups in total. The minimum Gasteiger partial charge on any atom is -0.480 e. The Balaban J connectivity index is 1.81. The number of hydrogen-bond donors (Lipinski definition) is 2. The zero-order valence-corrected chi connectivity index (χ0v) is 11.1. The molecule has 2 fully saturated rings. The van der Waals surface area contributed by atoms with Crippen molar-refractivity contribution in [2.24, 2.45) is 0 Å². The first kappa shape index (κ1) is 14.3. The Morgan fingerprint density at radius 1 is 1.37 bits per heavy atom. The molecule has 19 heavy (non-hydrogen) atoms. The number of aliphatic carboxylic acids is 1. The van der Waals surface area contributed by atoms with Gasteiger partial charge in [-0.25, -0.2) is 4.79 Å². The van der Waals surface area contributed by atoms with Crippen molar-refractivity contribution in [2.75, 3.05) is 26.2 Å². The van der Waals surface area contributed by atoms with Crippen LogP contribution in [0.5, 0.6) is 0 Å². The highest BCUT2D eigenvalue weighted by Crippen LogP contribution is 2.18. The second-order valence-corrected chi connectivity index (χ2v) is 5.17. The fourth-order valence-electron chi connectivity index (χ4n) is 2.69. The average molecular weight is 270 g/mol. The molecule has 2 aliphatic rings. The van der Waals surface area contributed by atoms with Crippen LogP contribution in [0.1, 0.15) is 32.1 Å². The topological polar surface area (TPSA) is 78.9 Å². The maximum atomic E-state index is 12.1. The Labute approximate surface area is 113 Å². The van der Waals surface area contributed by atoms with E-state index in [0.717, 1.165) is 25.9 Å². The van der Waals surface area contributed by atoms with Crippen molar-refractivity contribution >= 4 is 11.9 Å². The van der Waals surface area contributed by atoms with Crippen molar-refractivity contribution in [3.8, 4) is 0 Å². The molecule has 6 heteroatoms. The van der Waals surface area contributed by atoms with E-state index in [-0.39, 0.29) is 12.0 Å². The van der Waals surface area contributed by atoms with Crippen LogP contribution in [0, 0.1) is 0 Å². The molecule has 0 spiro atoms. The van der Waals surface area contributed by atoms with E-state index in [1.165, 1.54) is 4.90 Å². The lowest BCUT2D eigenvalue weighted by Gasteiger charge is -2.34. The molecule has 0 aromatic rings. The summed E-state index contributed by atoms with van der Waals surface area (Å²) in [5.74, 6) is -1.00. The lowest BCUT2D eigenvalue weighted by molar-refractivity contribution is -0.151. The molecule has 2 saturated heterocycles. The van der Waals surface area contributed by atoms with Crippen LogP contribution in [0.25, 0.3) is 0 Å². The largest absolute Gasteiger partial charge is 0.480 e. The molecule has 0 radical (unpaired) electrons. The van der Waals surface area contributed by atoms with Crippen LogP contribution in [0.2, 0.25) is 0 Å². The van der Waals surface area contributed by atoms with E-state index >= 15 is 0 Å². The van der Waals surface area contributed by atoms with Crippen molar-refractivity contribution in [1.29, 1.82) is 0 Å². The van der Waals surface area contributed by atoms with E-state index in [1.807, 2.05) is 0 Å². The maximum absolute atomic E-state index is 12.1. The Morgan fingerprint density at radius 2 is 2.21 bits per heavy atom. The number of carbonyl (C=O) groups excluding carboxylic acids is 1. The number of hydrogen-bond acceptors (Lipinski definition) is 4. The normalized spacial score (nSPS) is 28.1. The van der Waals surface area contributed by atoms with Crippen molar-refractivity contribution in [2.45, 2.75) is 44.2 Å². The van der Waals surface area contributed by atoms with Gasteiger partial charge in [-0.1, -0.05) is 0 Å². The van der Waals surface area contributed by atoms with Crippen LogP contribution < -0.4 is 5.32 Å². The van der Waals surface area contributed by atoms with Crippen molar-refractivity contribution in [1.82, 2.24) is 10.2 Å². The first-order valence-electron chi connectivity index (χ1n) is 7.03. The third-order valence-corrected chi connectivity index (χ3v) is 3.80. The first-order chi connectivity index (χ1) is 9.18.